The summed E-state index contributed by atoms with van der Waals surface area (Å²) in [6, 6.07) is 0. The van der Waals surface area contributed by atoms with Gasteiger partial charge in [-0.15, -0.1) is 0 Å². The third-order valence-electron chi connectivity index (χ3n) is 11.6. The highest BCUT2D eigenvalue weighted by Gasteiger charge is 2.19. The minimum atomic E-state index is -0.810. The van der Waals surface area contributed by atoms with E-state index in [1.165, 1.54) is 128 Å². The van der Waals surface area contributed by atoms with Gasteiger partial charge in [-0.25, -0.2) is 0 Å². The lowest BCUT2D eigenvalue weighted by Crippen LogP contribution is -2.30. The van der Waals surface area contributed by atoms with Crippen LogP contribution < -0.4 is 0 Å². The molecule has 0 rings (SSSR count). The van der Waals surface area contributed by atoms with E-state index in [9.17, 15) is 14.4 Å². The molecular formula is C60H102O6. The van der Waals surface area contributed by atoms with Crippen LogP contribution in [0, 0.1) is 0 Å². The fourth-order valence-electron chi connectivity index (χ4n) is 7.40. The van der Waals surface area contributed by atoms with Crippen molar-refractivity contribution in [1.29, 1.82) is 0 Å². The van der Waals surface area contributed by atoms with Gasteiger partial charge in [0, 0.05) is 19.3 Å². The Morgan fingerprint density at radius 2 is 0.561 bits per heavy atom. The topological polar surface area (TPSA) is 78.9 Å². The normalized spacial score (nSPS) is 12.7. The molecule has 0 aromatic heterocycles. The van der Waals surface area contributed by atoms with Crippen LogP contribution in [0.15, 0.2) is 85.1 Å². The Morgan fingerprint density at radius 3 is 0.909 bits per heavy atom. The van der Waals surface area contributed by atoms with Gasteiger partial charge in [-0.2, -0.15) is 0 Å². The van der Waals surface area contributed by atoms with Gasteiger partial charge in [-0.3, -0.25) is 14.4 Å². The summed E-state index contributed by atoms with van der Waals surface area (Å²) in [5.74, 6) is -0.971. The van der Waals surface area contributed by atoms with Crippen molar-refractivity contribution >= 4 is 17.9 Å². The summed E-state index contributed by atoms with van der Waals surface area (Å²) in [6.07, 6.45) is 70.0. The number of hydrogen-bond acceptors (Lipinski definition) is 6. The third kappa shape index (κ3) is 51.6. The molecule has 0 saturated carbocycles. The monoisotopic (exact) mass is 919 g/mol. The van der Waals surface area contributed by atoms with E-state index in [4.69, 9.17) is 14.2 Å². The summed E-state index contributed by atoms with van der Waals surface area (Å²) in [5.41, 5.74) is 0. The van der Waals surface area contributed by atoms with Crippen LogP contribution in [0.1, 0.15) is 258 Å². The highest BCUT2D eigenvalue weighted by molar-refractivity contribution is 5.71. The Kier molecular flexibility index (Phi) is 51.4. The first kappa shape index (κ1) is 62.6. The number of carbonyl (C=O) groups excluding carboxylic acids is 3. The Hall–Kier alpha value is -3.41. The second-order valence-corrected chi connectivity index (χ2v) is 18.1. The minimum absolute atomic E-state index is 0.103. The number of rotatable bonds is 49. The van der Waals surface area contributed by atoms with E-state index in [0.717, 1.165) is 83.5 Å². The second-order valence-electron chi connectivity index (χ2n) is 18.1. The number of allylic oxidation sites excluding steroid dienone is 14. The third-order valence-corrected chi connectivity index (χ3v) is 11.6. The highest BCUT2D eigenvalue weighted by Crippen LogP contribution is 2.14. The molecule has 0 fully saturated rings. The van der Waals surface area contributed by atoms with E-state index < -0.39 is 6.10 Å². The van der Waals surface area contributed by atoms with Crippen molar-refractivity contribution in [1.82, 2.24) is 0 Å². The fourth-order valence-corrected chi connectivity index (χ4v) is 7.40. The first-order valence-corrected chi connectivity index (χ1v) is 27.6. The molecule has 0 unspecified atom stereocenters. The SMILES string of the molecule is CCCCC/C=C\C/C=C\C/C=C\C/C=C\CCCC(=O)O[C@H](COC(=O)CCCCCCC/C=C\CCCCC)COC(=O)CCCCCCCCCCC/C=C\C/C=C\CCCCC. The number of hydrogen-bond donors (Lipinski definition) is 0. The van der Waals surface area contributed by atoms with Gasteiger partial charge in [0.15, 0.2) is 6.10 Å². The maximum absolute atomic E-state index is 12.8. The number of ether oxygens (including phenoxy) is 3. The average Bonchev–Trinajstić information content (AvgIpc) is 3.31. The van der Waals surface area contributed by atoms with Crippen molar-refractivity contribution in [3.8, 4) is 0 Å². The molecule has 1 atom stereocenters. The highest BCUT2D eigenvalue weighted by atomic mass is 16.6. The maximum Gasteiger partial charge on any atom is 0.306 e. The van der Waals surface area contributed by atoms with Crippen molar-refractivity contribution in [2.75, 3.05) is 13.2 Å². The van der Waals surface area contributed by atoms with Crippen molar-refractivity contribution in [2.24, 2.45) is 0 Å². The lowest BCUT2D eigenvalue weighted by atomic mass is 10.1. The molecule has 378 valence electrons. The van der Waals surface area contributed by atoms with Crippen LogP contribution in [0.2, 0.25) is 0 Å². The number of esters is 3. The Labute approximate surface area is 407 Å². The zero-order valence-corrected chi connectivity index (χ0v) is 43.2. The zero-order valence-electron chi connectivity index (χ0n) is 43.2. The van der Waals surface area contributed by atoms with Crippen molar-refractivity contribution in [2.45, 2.75) is 264 Å². The van der Waals surface area contributed by atoms with Crippen molar-refractivity contribution in [3.63, 3.8) is 0 Å². The molecule has 0 aromatic carbocycles. The standard InChI is InChI=1S/C60H102O6/c1-4-7-10-13-16-19-22-25-27-29-30-32-33-35-38-41-44-47-50-53-59(62)65-56-57(55-64-58(61)52-49-46-43-40-37-24-21-18-15-12-9-6-3)66-60(63)54-51-48-45-42-39-36-34-31-28-26-23-20-17-14-11-8-5-2/h16-21,25-28,34,36,42,45,57H,4-15,22-24,29-33,35,37-41,43-44,46-56H2,1-3H3/b19-16-,20-17-,21-18-,27-25-,28-26-,36-34-,45-42-/t57-/m1/s1. The molecule has 66 heavy (non-hydrogen) atoms. The number of carbonyl (C=O) groups is 3. The van der Waals surface area contributed by atoms with Gasteiger partial charge in [0.1, 0.15) is 13.2 Å². The molecule has 0 aromatic rings. The molecule has 0 aliphatic carbocycles. The van der Waals surface area contributed by atoms with Crippen LogP contribution in [0.3, 0.4) is 0 Å². The zero-order chi connectivity index (χ0) is 47.9. The minimum Gasteiger partial charge on any atom is -0.462 e. The van der Waals surface area contributed by atoms with E-state index in [1.807, 2.05) is 0 Å². The fraction of sp³-hybridized carbons (Fsp3) is 0.717. The molecule has 0 aliphatic heterocycles. The van der Waals surface area contributed by atoms with Crippen LogP contribution in [0.25, 0.3) is 0 Å². The van der Waals surface area contributed by atoms with E-state index >= 15 is 0 Å². The van der Waals surface area contributed by atoms with E-state index in [2.05, 4.69) is 106 Å². The second kappa shape index (κ2) is 54.2. The predicted molar refractivity (Wildman–Crippen MR) is 284 cm³/mol. The Balaban J connectivity index is 4.45. The van der Waals surface area contributed by atoms with E-state index in [-0.39, 0.29) is 37.5 Å². The Morgan fingerprint density at radius 1 is 0.303 bits per heavy atom. The van der Waals surface area contributed by atoms with Crippen LogP contribution >= 0.6 is 0 Å². The molecule has 0 aliphatic rings. The average molecular weight is 919 g/mol. The van der Waals surface area contributed by atoms with E-state index in [0.29, 0.717) is 19.3 Å². The summed E-state index contributed by atoms with van der Waals surface area (Å²) < 4.78 is 16.8. The van der Waals surface area contributed by atoms with Gasteiger partial charge < -0.3 is 14.2 Å². The largest absolute Gasteiger partial charge is 0.462 e. The van der Waals surface area contributed by atoms with Gasteiger partial charge >= 0.3 is 17.9 Å². The first-order valence-electron chi connectivity index (χ1n) is 27.6. The van der Waals surface area contributed by atoms with Crippen molar-refractivity contribution in [3.05, 3.63) is 85.1 Å². The van der Waals surface area contributed by atoms with E-state index in [1.54, 1.807) is 0 Å². The predicted octanol–water partition coefficient (Wildman–Crippen LogP) is 18.4. The quantitative estimate of drug-likeness (QED) is 0.0262. The van der Waals surface area contributed by atoms with Crippen LogP contribution in [-0.4, -0.2) is 37.2 Å². The lowest BCUT2D eigenvalue weighted by molar-refractivity contribution is -0.167. The van der Waals surface area contributed by atoms with Gasteiger partial charge in [0.05, 0.1) is 0 Å². The van der Waals surface area contributed by atoms with Crippen LogP contribution in [-0.2, 0) is 28.6 Å². The number of unbranched alkanes of at least 4 members (excludes halogenated alkanes) is 24. The van der Waals surface area contributed by atoms with Gasteiger partial charge in [0.25, 0.3) is 0 Å². The molecule has 0 radical (unpaired) electrons. The first-order chi connectivity index (χ1) is 32.5. The summed E-state index contributed by atoms with van der Waals surface area (Å²) in [7, 11) is 0. The molecule has 0 N–H and O–H groups in total. The molecule has 6 heteroatoms. The lowest BCUT2D eigenvalue weighted by Gasteiger charge is -2.18. The van der Waals surface area contributed by atoms with Gasteiger partial charge in [-0.1, -0.05) is 209 Å². The summed E-state index contributed by atoms with van der Waals surface area (Å²) >= 11 is 0. The molecule has 0 heterocycles. The van der Waals surface area contributed by atoms with Gasteiger partial charge in [0.2, 0.25) is 0 Å². The molecular weight excluding hydrogens is 817 g/mol. The molecule has 0 saturated heterocycles. The molecule has 0 amide bonds. The summed E-state index contributed by atoms with van der Waals surface area (Å²) in [4.78, 5) is 38.0. The van der Waals surface area contributed by atoms with Crippen LogP contribution in [0.5, 0.6) is 0 Å². The molecule has 0 spiro atoms. The molecule has 6 nitrogen and oxygen atoms in total. The summed E-state index contributed by atoms with van der Waals surface area (Å²) in [6.45, 7) is 6.51. The smallest absolute Gasteiger partial charge is 0.306 e. The summed E-state index contributed by atoms with van der Waals surface area (Å²) in [5, 5.41) is 0. The molecule has 0 bridgehead atoms. The van der Waals surface area contributed by atoms with Gasteiger partial charge in [-0.05, 0) is 116 Å². The Bertz CT molecular complexity index is 1290. The van der Waals surface area contributed by atoms with Crippen molar-refractivity contribution < 1.29 is 28.6 Å². The van der Waals surface area contributed by atoms with Crippen LogP contribution in [0.4, 0.5) is 0 Å². The maximum atomic E-state index is 12.8.